The van der Waals surface area contributed by atoms with Crippen LogP contribution >= 0.6 is 11.6 Å². The molecular weight excluding hydrogens is 446 g/mol. The number of methoxy groups -OCH3 is 2. The maximum absolute atomic E-state index is 13.6. The fourth-order valence-corrected chi connectivity index (χ4v) is 4.32. The van der Waals surface area contributed by atoms with Crippen LogP contribution in [-0.4, -0.2) is 44.3 Å². The second kappa shape index (κ2) is 9.45. The van der Waals surface area contributed by atoms with Gasteiger partial charge in [-0.15, -0.1) is 0 Å². The standard InChI is InChI=1S/C25H26ClNO6/c1-14(2)32-11-5-10-27-22(15-6-8-19(30-3)20(12-15)31-4)21-23(28)17-13-16(26)7-9-18(17)33-24(21)25(27)29/h6-9,12-14,22H,5,10-11H2,1-4H3/t22-/m1/s1. The van der Waals surface area contributed by atoms with Gasteiger partial charge in [0.2, 0.25) is 5.76 Å². The summed E-state index contributed by atoms with van der Waals surface area (Å²) < 4.78 is 22.4. The number of fused-ring (bicyclic) bond motifs is 2. The fraction of sp³-hybridized carbons (Fsp3) is 0.360. The summed E-state index contributed by atoms with van der Waals surface area (Å²) in [6.45, 7) is 4.81. The van der Waals surface area contributed by atoms with E-state index in [0.717, 1.165) is 5.56 Å². The molecule has 7 nitrogen and oxygen atoms in total. The minimum atomic E-state index is -0.633. The van der Waals surface area contributed by atoms with Crippen molar-refractivity contribution in [3.63, 3.8) is 0 Å². The Morgan fingerprint density at radius 2 is 1.82 bits per heavy atom. The van der Waals surface area contributed by atoms with Crippen LogP contribution in [0.3, 0.4) is 0 Å². The number of ether oxygens (including phenoxy) is 3. The Labute approximate surface area is 196 Å². The molecule has 3 aromatic rings. The van der Waals surface area contributed by atoms with E-state index in [9.17, 15) is 9.59 Å². The normalized spacial score (nSPS) is 15.4. The Hall–Kier alpha value is -3.03. The van der Waals surface area contributed by atoms with Crippen LogP contribution in [0.4, 0.5) is 0 Å². The van der Waals surface area contributed by atoms with E-state index in [1.165, 1.54) is 0 Å². The highest BCUT2D eigenvalue weighted by atomic mass is 35.5. The first-order chi connectivity index (χ1) is 15.8. The summed E-state index contributed by atoms with van der Waals surface area (Å²) in [5, 5.41) is 0.758. The summed E-state index contributed by atoms with van der Waals surface area (Å²) in [5.41, 5.74) is 1.07. The molecule has 8 heteroatoms. The molecule has 1 aliphatic rings. The summed E-state index contributed by atoms with van der Waals surface area (Å²) >= 11 is 6.13. The molecule has 0 bridgehead atoms. The Morgan fingerprint density at radius 3 is 2.52 bits per heavy atom. The number of nitrogens with zero attached hydrogens (tertiary/aromatic N) is 1. The number of rotatable bonds is 8. The summed E-state index contributed by atoms with van der Waals surface area (Å²) in [7, 11) is 3.09. The molecule has 0 unspecified atom stereocenters. The lowest BCUT2D eigenvalue weighted by Gasteiger charge is -2.26. The molecule has 0 spiro atoms. The van der Waals surface area contributed by atoms with E-state index in [2.05, 4.69) is 0 Å². The van der Waals surface area contributed by atoms with E-state index in [-0.39, 0.29) is 23.2 Å². The van der Waals surface area contributed by atoms with E-state index in [0.29, 0.717) is 52.6 Å². The summed E-state index contributed by atoms with van der Waals surface area (Å²) in [6, 6.07) is 9.54. The van der Waals surface area contributed by atoms with E-state index in [1.54, 1.807) is 49.5 Å². The number of halogens is 1. The Balaban J connectivity index is 1.85. The van der Waals surface area contributed by atoms with Crippen molar-refractivity contribution in [2.45, 2.75) is 32.4 Å². The van der Waals surface area contributed by atoms with Crippen molar-refractivity contribution >= 4 is 28.5 Å². The van der Waals surface area contributed by atoms with Gasteiger partial charge in [0.1, 0.15) is 5.58 Å². The molecule has 1 amide bonds. The largest absolute Gasteiger partial charge is 0.493 e. The zero-order chi connectivity index (χ0) is 23.7. The van der Waals surface area contributed by atoms with Crippen LogP contribution in [0.2, 0.25) is 5.02 Å². The third kappa shape index (κ3) is 4.30. The molecule has 1 aliphatic heterocycles. The van der Waals surface area contributed by atoms with Crippen LogP contribution in [0.1, 0.15) is 48.0 Å². The van der Waals surface area contributed by atoms with Gasteiger partial charge in [0.15, 0.2) is 16.9 Å². The Bertz CT molecular complexity index is 1250. The highest BCUT2D eigenvalue weighted by Gasteiger charge is 2.42. The Morgan fingerprint density at radius 1 is 1.06 bits per heavy atom. The van der Waals surface area contributed by atoms with Crippen LogP contribution < -0.4 is 14.9 Å². The highest BCUT2D eigenvalue weighted by molar-refractivity contribution is 6.31. The van der Waals surface area contributed by atoms with Crippen molar-refractivity contribution < 1.29 is 23.4 Å². The average Bonchev–Trinajstić information content (AvgIpc) is 3.08. The van der Waals surface area contributed by atoms with Gasteiger partial charge in [-0.25, -0.2) is 0 Å². The monoisotopic (exact) mass is 471 g/mol. The minimum absolute atomic E-state index is 0.0550. The van der Waals surface area contributed by atoms with Gasteiger partial charge < -0.3 is 23.5 Å². The molecular formula is C25H26ClNO6. The van der Waals surface area contributed by atoms with Gasteiger partial charge >= 0.3 is 0 Å². The number of hydrogen-bond acceptors (Lipinski definition) is 6. The number of amides is 1. The van der Waals surface area contributed by atoms with Crippen molar-refractivity contribution in [3.05, 3.63) is 68.5 Å². The van der Waals surface area contributed by atoms with Crippen molar-refractivity contribution in [2.24, 2.45) is 0 Å². The quantitative estimate of drug-likeness (QED) is 0.438. The summed E-state index contributed by atoms with van der Waals surface area (Å²) in [4.78, 5) is 28.6. The first-order valence-corrected chi connectivity index (χ1v) is 11.1. The smallest absolute Gasteiger partial charge is 0.290 e. The zero-order valence-electron chi connectivity index (χ0n) is 19.0. The van der Waals surface area contributed by atoms with Gasteiger partial charge in [-0.1, -0.05) is 17.7 Å². The average molecular weight is 472 g/mol. The van der Waals surface area contributed by atoms with Gasteiger partial charge in [0.05, 0.1) is 37.3 Å². The topological polar surface area (TPSA) is 78.2 Å². The van der Waals surface area contributed by atoms with Crippen LogP contribution in [0.5, 0.6) is 11.5 Å². The lowest BCUT2D eigenvalue weighted by Crippen LogP contribution is -2.31. The second-order valence-corrected chi connectivity index (χ2v) is 8.54. The maximum atomic E-state index is 13.6. The van der Waals surface area contributed by atoms with Crippen molar-refractivity contribution in [1.82, 2.24) is 4.90 Å². The third-order valence-electron chi connectivity index (χ3n) is 5.65. The van der Waals surface area contributed by atoms with Crippen LogP contribution in [0.25, 0.3) is 11.0 Å². The van der Waals surface area contributed by atoms with E-state index >= 15 is 0 Å². The predicted octanol–water partition coefficient (Wildman–Crippen LogP) is 4.82. The van der Waals surface area contributed by atoms with Crippen LogP contribution in [0, 0.1) is 0 Å². The lowest BCUT2D eigenvalue weighted by atomic mass is 9.98. The summed E-state index contributed by atoms with van der Waals surface area (Å²) in [5.74, 6) is 0.787. The lowest BCUT2D eigenvalue weighted by molar-refractivity contribution is 0.0593. The van der Waals surface area contributed by atoms with Crippen LogP contribution in [0.15, 0.2) is 45.6 Å². The molecule has 33 heavy (non-hydrogen) atoms. The highest BCUT2D eigenvalue weighted by Crippen LogP contribution is 2.41. The molecule has 0 saturated heterocycles. The molecule has 1 atom stereocenters. The molecule has 2 aromatic carbocycles. The van der Waals surface area contributed by atoms with Gasteiger partial charge in [0.25, 0.3) is 5.91 Å². The molecule has 0 radical (unpaired) electrons. The summed E-state index contributed by atoms with van der Waals surface area (Å²) in [6.07, 6.45) is 0.706. The number of carbonyl (C=O) groups excluding carboxylic acids is 1. The molecule has 174 valence electrons. The first-order valence-electron chi connectivity index (χ1n) is 10.8. The number of carbonyl (C=O) groups is 1. The Kier molecular flexibility index (Phi) is 6.63. The SMILES string of the molecule is COc1ccc([C@@H]2c3c(oc4ccc(Cl)cc4c3=O)C(=O)N2CCCOC(C)C)cc1OC. The molecule has 0 fully saturated rings. The van der Waals surface area contributed by atoms with Gasteiger partial charge in [0, 0.05) is 18.2 Å². The molecule has 1 aromatic heterocycles. The molecule has 0 saturated carbocycles. The molecule has 2 heterocycles. The van der Waals surface area contributed by atoms with E-state index < -0.39 is 6.04 Å². The number of benzene rings is 2. The minimum Gasteiger partial charge on any atom is -0.493 e. The van der Waals surface area contributed by atoms with E-state index in [4.69, 9.17) is 30.2 Å². The first kappa shape index (κ1) is 23.1. The number of hydrogen-bond donors (Lipinski definition) is 0. The third-order valence-corrected chi connectivity index (χ3v) is 5.88. The van der Waals surface area contributed by atoms with Crippen molar-refractivity contribution in [2.75, 3.05) is 27.4 Å². The molecule has 0 aliphatic carbocycles. The van der Waals surface area contributed by atoms with Crippen LogP contribution in [-0.2, 0) is 4.74 Å². The zero-order valence-corrected chi connectivity index (χ0v) is 19.8. The van der Waals surface area contributed by atoms with Gasteiger partial charge in [-0.2, -0.15) is 0 Å². The molecule has 4 rings (SSSR count). The fourth-order valence-electron chi connectivity index (χ4n) is 4.15. The van der Waals surface area contributed by atoms with E-state index in [1.807, 2.05) is 19.9 Å². The second-order valence-electron chi connectivity index (χ2n) is 8.10. The van der Waals surface area contributed by atoms with Crippen molar-refractivity contribution in [1.29, 1.82) is 0 Å². The van der Waals surface area contributed by atoms with Gasteiger partial charge in [-0.05, 0) is 56.2 Å². The maximum Gasteiger partial charge on any atom is 0.290 e. The predicted molar refractivity (Wildman–Crippen MR) is 126 cm³/mol. The van der Waals surface area contributed by atoms with Gasteiger partial charge in [-0.3, -0.25) is 9.59 Å². The molecule has 0 N–H and O–H groups in total. The van der Waals surface area contributed by atoms with Crippen molar-refractivity contribution in [3.8, 4) is 11.5 Å².